The van der Waals surface area contributed by atoms with Gasteiger partial charge in [0.15, 0.2) is 11.4 Å². The summed E-state index contributed by atoms with van der Waals surface area (Å²) in [4.78, 5) is 32.4. The molecular weight excluding hydrogens is 368 g/mol. The molecule has 0 radical (unpaired) electrons. The van der Waals surface area contributed by atoms with E-state index < -0.39 is 5.60 Å². The lowest BCUT2D eigenvalue weighted by atomic mass is 9.64. The fourth-order valence-corrected chi connectivity index (χ4v) is 4.59. The first kappa shape index (κ1) is 21.6. The third-order valence-corrected chi connectivity index (χ3v) is 6.05. The van der Waals surface area contributed by atoms with Crippen molar-refractivity contribution in [3.05, 3.63) is 23.5 Å². The van der Waals surface area contributed by atoms with Gasteiger partial charge >= 0.3 is 5.97 Å². The molecule has 0 spiro atoms. The summed E-state index contributed by atoms with van der Waals surface area (Å²) in [6.07, 6.45) is 3.00. The molecule has 160 valence electrons. The Kier molecular flexibility index (Phi) is 6.20. The Morgan fingerprint density at radius 1 is 1.24 bits per heavy atom. The van der Waals surface area contributed by atoms with Crippen molar-refractivity contribution in [2.45, 2.75) is 84.9 Å². The number of ether oxygens (including phenoxy) is 2. The van der Waals surface area contributed by atoms with Crippen molar-refractivity contribution in [2.75, 3.05) is 6.61 Å². The number of hydrogen-bond donors (Lipinski definition) is 0. The van der Waals surface area contributed by atoms with Crippen LogP contribution in [0.3, 0.4) is 0 Å². The summed E-state index contributed by atoms with van der Waals surface area (Å²) < 4.78 is 11.2. The molecule has 2 atom stereocenters. The van der Waals surface area contributed by atoms with E-state index in [1.54, 1.807) is 0 Å². The van der Waals surface area contributed by atoms with E-state index in [4.69, 9.17) is 9.47 Å². The minimum absolute atomic E-state index is 0.0179. The Morgan fingerprint density at radius 3 is 2.55 bits per heavy atom. The van der Waals surface area contributed by atoms with Crippen LogP contribution in [0.25, 0.3) is 0 Å². The van der Waals surface area contributed by atoms with Crippen molar-refractivity contribution in [3.63, 3.8) is 0 Å². The second kappa shape index (κ2) is 8.33. The maximum Gasteiger partial charge on any atom is 0.306 e. The van der Waals surface area contributed by atoms with Crippen molar-refractivity contribution >= 4 is 11.9 Å². The molecule has 2 aliphatic heterocycles. The highest BCUT2D eigenvalue weighted by Crippen LogP contribution is 2.48. The summed E-state index contributed by atoms with van der Waals surface area (Å²) in [5, 5.41) is 0. The van der Waals surface area contributed by atoms with Crippen LogP contribution in [0.5, 0.6) is 5.75 Å². The number of piperidine rings is 2. The van der Waals surface area contributed by atoms with Gasteiger partial charge < -0.3 is 14.4 Å². The van der Waals surface area contributed by atoms with Crippen LogP contribution in [0.4, 0.5) is 0 Å². The van der Waals surface area contributed by atoms with Crippen LogP contribution >= 0.6 is 0 Å². The first-order chi connectivity index (χ1) is 13.6. The number of rotatable bonds is 6. The molecule has 2 saturated heterocycles. The van der Waals surface area contributed by atoms with Gasteiger partial charge in [0, 0.05) is 24.2 Å². The minimum atomic E-state index is -0.495. The average Bonchev–Trinajstić information content (AvgIpc) is 2.58. The SMILES string of the molecule is CCOc1ccc(C)nc1C(=O)N1C2CC(C2)[C@@H](C)[C@H]1CCC(=O)OC(C)(C)C. The number of carbonyl (C=O) groups excluding carboxylic acids is 2. The van der Waals surface area contributed by atoms with E-state index in [1.807, 2.05) is 51.7 Å². The molecule has 1 aromatic rings. The summed E-state index contributed by atoms with van der Waals surface area (Å²) in [6.45, 7) is 12.1. The molecular formula is C23H34N2O4. The molecule has 29 heavy (non-hydrogen) atoms. The van der Waals surface area contributed by atoms with Gasteiger partial charge in [-0.1, -0.05) is 6.92 Å². The number of hydrogen-bond acceptors (Lipinski definition) is 5. The van der Waals surface area contributed by atoms with Crippen molar-refractivity contribution in [2.24, 2.45) is 11.8 Å². The number of fused-ring (bicyclic) bond motifs is 2. The number of carbonyl (C=O) groups is 2. The van der Waals surface area contributed by atoms with Gasteiger partial charge in [-0.15, -0.1) is 0 Å². The Labute approximate surface area is 174 Å². The predicted molar refractivity (Wildman–Crippen MR) is 111 cm³/mol. The van der Waals surface area contributed by atoms with E-state index >= 15 is 0 Å². The van der Waals surface area contributed by atoms with Gasteiger partial charge in [0.25, 0.3) is 5.91 Å². The number of amides is 1. The maximum absolute atomic E-state index is 13.6. The Balaban J connectivity index is 1.81. The highest BCUT2D eigenvalue weighted by molar-refractivity contribution is 5.95. The molecule has 4 rings (SSSR count). The van der Waals surface area contributed by atoms with Crippen LogP contribution in [0.2, 0.25) is 0 Å². The molecule has 6 heteroatoms. The summed E-state index contributed by atoms with van der Waals surface area (Å²) in [5.41, 5.74) is 0.676. The molecule has 1 amide bonds. The fraction of sp³-hybridized carbons (Fsp3) is 0.696. The molecule has 3 heterocycles. The molecule has 1 saturated carbocycles. The van der Waals surface area contributed by atoms with E-state index in [0.29, 0.717) is 42.7 Å². The number of aromatic nitrogens is 1. The molecule has 0 N–H and O–H groups in total. The van der Waals surface area contributed by atoms with Crippen molar-refractivity contribution in [1.82, 2.24) is 9.88 Å². The Bertz CT molecular complexity index is 765. The smallest absolute Gasteiger partial charge is 0.306 e. The van der Waals surface area contributed by atoms with Crippen LogP contribution in [0, 0.1) is 18.8 Å². The lowest BCUT2D eigenvalue weighted by molar-refractivity contribution is -0.156. The van der Waals surface area contributed by atoms with Crippen molar-refractivity contribution < 1.29 is 19.1 Å². The number of nitrogens with zero attached hydrogens (tertiary/aromatic N) is 2. The first-order valence-electron chi connectivity index (χ1n) is 10.8. The minimum Gasteiger partial charge on any atom is -0.491 e. The third-order valence-electron chi connectivity index (χ3n) is 6.05. The summed E-state index contributed by atoms with van der Waals surface area (Å²) in [5.74, 6) is 1.22. The Morgan fingerprint density at radius 2 is 1.93 bits per heavy atom. The second-order valence-corrected chi connectivity index (χ2v) is 9.38. The van der Waals surface area contributed by atoms with Gasteiger partial charge in [0.2, 0.25) is 0 Å². The van der Waals surface area contributed by atoms with Gasteiger partial charge in [-0.25, -0.2) is 4.98 Å². The first-order valence-corrected chi connectivity index (χ1v) is 10.8. The standard InChI is InChI=1S/C23H34N2O4/c1-7-28-19-10-8-14(2)24-21(19)22(27)25-17-12-16(13-17)15(3)18(25)9-11-20(26)29-23(4,5)6/h8,10,15-18H,7,9,11-13H2,1-6H3/t15-,16?,17?,18-/m1/s1. The summed E-state index contributed by atoms with van der Waals surface area (Å²) in [6, 6.07) is 3.93. The topological polar surface area (TPSA) is 68.7 Å². The van der Waals surface area contributed by atoms with Gasteiger partial charge in [0.1, 0.15) is 5.60 Å². The highest BCUT2D eigenvalue weighted by Gasteiger charge is 2.51. The van der Waals surface area contributed by atoms with Crippen molar-refractivity contribution in [3.8, 4) is 5.75 Å². The molecule has 6 nitrogen and oxygen atoms in total. The predicted octanol–water partition coefficient (Wildman–Crippen LogP) is 4.15. The monoisotopic (exact) mass is 402 g/mol. The molecule has 0 unspecified atom stereocenters. The lowest BCUT2D eigenvalue weighted by Gasteiger charge is -2.57. The van der Waals surface area contributed by atoms with E-state index in [9.17, 15) is 9.59 Å². The quantitative estimate of drug-likeness (QED) is 0.669. The normalized spacial score (nSPS) is 25.9. The number of pyridine rings is 1. The zero-order chi connectivity index (χ0) is 21.3. The number of esters is 1. The van der Waals surface area contributed by atoms with Crippen LogP contribution < -0.4 is 4.74 Å². The summed E-state index contributed by atoms with van der Waals surface area (Å²) in [7, 11) is 0. The second-order valence-electron chi connectivity index (χ2n) is 9.38. The fourth-order valence-electron chi connectivity index (χ4n) is 4.59. The van der Waals surface area contributed by atoms with Gasteiger partial charge in [-0.2, -0.15) is 0 Å². The maximum atomic E-state index is 13.6. The van der Waals surface area contributed by atoms with Crippen LogP contribution in [0.1, 0.15) is 76.5 Å². The zero-order valence-electron chi connectivity index (χ0n) is 18.5. The van der Waals surface area contributed by atoms with Gasteiger partial charge in [0.05, 0.1) is 6.61 Å². The number of aryl methyl sites for hydroxylation is 1. The van der Waals surface area contributed by atoms with E-state index in [2.05, 4.69) is 11.9 Å². The molecule has 3 fully saturated rings. The van der Waals surface area contributed by atoms with Crippen LogP contribution in [0.15, 0.2) is 12.1 Å². The van der Waals surface area contributed by atoms with E-state index in [-0.39, 0.29) is 24.0 Å². The molecule has 2 bridgehead atoms. The third kappa shape index (κ3) is 4.73. The van der Waals surface area contributed by atoms with Crippen molar-refractivity contribution in [1.29, 1.82) is 0 Å². The molecule has 1 aliphatic carbocycles. The molecule has 0 aromatic carbocycles. The van der Waals surface area contributed by atoms with Crippen LogP contribution in [-0.4, -0.2) is 46.1 Å². The molecule has 3 aliphatic rings. The molecule has 1 aromatic heterocycles. The van der Waals surface area contributed by atoms with Gasteiger partial charge in [-0.05, 0) is 77.8 Å². The summed E-state index contributed by atoms with van der Waals surface area (Å²) >= 11 is 0. The van der Waals surface area contributed by atoms with Gasteiger partial charge in [-0.3, -0.25) is 9.59 Å². The highest BCUT2D eigenvalue weighted by atomic mass is 16.6. The average molecular weight is 403 g/mol. The van der Waals surface area contributed by atoms with E-state index in [1.165, 1.54) is 0 Å². The zero-order valence-corrected chi connectivity index (χ0v) is 18.5. The van der Waals surface area contributed by atoms with Crippen LogP contribution in [-0.2, 0) is 9.53 Å². The van der Waals surface area contributed by atoms with E-state index in [0.717, 1.165) is 18.5 Å². The lowest BCUT2D eigenvalue weighted by Crippen LogP contribution is -2.63. The Hall–Kier alpha value is -2.11. The largest absolute Gasteiger partial charge is 0.491 e.